The van der Waals surface area contributed by atoms with Crippen molar-refractivity contribution in [1.82, 2.24) is 0 Å². The van der Waals surface area contributed by atoms with Crippen molar-refractivity contribution in [2.24, 2.45) is 11.3 Å². The largest absolute Gasteiger partial charge is 0.497 e. The van der Waals surface area contributed by atoms with Crippen LogP contribution in [0.3, 0.4) is 0 Å². The number of aryl methyl sites for hydroxylation is 1. The molecule has 2 aromatic carbocycles. The molecular formula is C32H37FO4. The summed E-state index contributed by atoms with van der Waals surface area (Å²) in [6.45, 7) is 9.21. The fourth-order valence-corrected chi connectivity index (χ4v) is 6.26. The Hall–Kier alpha value is -3.08. The van der Waals surface area contributed by atoms with Crippen LogP contribution in [-0.4, -0.2) is 26.3 Å². The van der Waals surface area contributed by atoms with Crippen molar-refractivity contribution in [2.45, 2.75) is 64.7 Å². The van der Waals surface area contributed by atoms with E-state index >= 15 is 4.39 Å². The first-order valence-electron chi connectivity index (χ1n) is 13.3. The molecule has 5 rings (SSSR count). The molecule has 196 valence electrons. The van der Waals surface area contributed by atoms with Crippen LogP contribution in [0.2, 0.25) is 0 Å². The van der Waals surface area contributed by atoms with Crippen molar-refractivity contribution in [2.75, 3.05) is 20.3 Å². The van der Waals surface area contributed by atoms with Gasteiger partial charge in [-0.25, -0.2) is 4.39 Å². The van der Waals surface area contributed by atoms with Crippen LogP contribution < -0.4 is 9.47 Å². The number of methoxy groups -OCH3 is 1. The van der Waals surface area contributed by atoms with Gasteiger partial charge in [0.1, 0.15) is 23.9 Å². The van der Waals surface area contributed by atoms with Gasteiger partial charge < -0.3 is 14.2 Å². The highest BCUT2D eigenvalue weighted by molar-refractivity contribution is 5.80. The van der Waals surface area contributed by atoms with Crippen LogP contribution in [0.5, 0.6) is 11.5 Å². The Balaban J connectivity index is 1.34. The molecule has 0 heterocycles. The molecule has 1 spiro atoms. The second kappa shape index (κ2) is 9.66. The quantitative estimate of drug-likeness (QED) is 0.379. The van der Waals surface area contributed by atoms with Crippen LogP contribution in [0.25, 0.3) is 0 Å². The molecule has 0 amide bonds. The molecule has 3 aliphatic carbocycles. The molecule has 37 heavy (non-hydrogen) atoms. The minimum absolute atomic E-state index is 0.0375. The molecule has 4 nitrogen and oxygen atoms in total. The van der Waals surface area contributed by atoms with Gasteiger partial charge in [-0.15, -0.1) is 0 Å². The van der Waals surface area contributed by atoms with Gasteiger partial charge in [-0.05, 0) is 90.6 Å². The number of benzene rings is 2. The molecule has 1 saturated carbocycles. The molecular weight excluding hydrogens is 467 g/mol. The Morgan fingerprint density at radius 2 is 1.89 bits per heavy atom. The van der Waals surface area contributed by atoms with Crippen molar-refractivity contribution >= 4 is 5.97 Å². The zero-order valence-corrected chi connectivity index (χ0v) is 22.5. The lowest BCUT2D eigenvalue weighted by atomic mass is 9.71. The monoisotopic (exact) mass is 504 g/mol. The Kier molecular flexibility index (Phi) is 6.68. The molecule has 3 aliphatic rings. The minimum Gasteiger partial charge on any atom is -0.497 e. The maximum atomic E-state index is 15.0. The summed E-state index contributed by atoms with van der Waals surface area (Å²) in [5, 5.41) is 0. The van der Waals surface area contributed by atoms with Gasteiger partial charge in [0.15, 0.2) is 0 Å². The van der Waals surface area contributed by atoms with E-state index in [9.17, 15) is 4.79 Å². The number of esters is 1. The first kappa shape index (κ1) is 25.6. The van der Waals surface area contributed by atoms with Gasteiger partial charge in [0.25, 0.3) is 0 Å². The Morgan fingerprint density at radius 3 is 2.62 bits per heavy atom. The number of ether oxygens (including phenoxy) is 3. The fourth-order valence-electron chi connectivity index (χ4n) is 6.26. The SMILES string of the molecule is CCOC(=O)[C@@H]1CC12CCc1ccc(OCC3=CC=C(C(C)(C)C)C(c4cc(OC)ccc4F)C3)cc12. The fraction of sp³-hybridized carbons (Fsp3) is 0.469. The van der Waals surface area contributed by atoms with E-state index in [1.165, 1.54) is 22.8 Å². The minimum atomic E-state index is -0.215. The Morgan fingerprint density at radius 1 is 1.11 bits per heavy atom. The van der Waals surface area contributed by atoms with E-state index in [4.69, 9.17) is 14.2 Å². The standard InChI is InChI=1S/C32H37FO4/c1-6-36-30(34)28-18-32(28)14-13-21-8-9-23(17-27(21)32)37-19-20-7-11-26(31(2,3)4)24(15-20)25-16-22(35-5)10-12-29(25)33/h7-12,16-17,24,28H,6,13-15,18-19H2,1-5H3/t24?,28-,32?/m0/s1. The lowest BCUT2D eigenvalue weighted by Gasteiger charge is -2.34. The Labute approximate surface area is 219 Å². The van der Waals surface area contributed by atoms with E-state index < -0.39 is 0 Å². The van der Waals surface area contributed by atoms with Crippen molar-refractivity contribution in [1.29, 1.82) is 0 Å². The average Bonchev–Trinajstić information content (AvgIpc) is 3.51. The van der Waals surface area contributed by atoms with E-state index in [2.05, 4.69) is 45.1 Å². The van der Waals surface area contributed by atoms with Crippen molar-refractivity contribution < 1.29 is 23.4 Å². The summed E-state index contributed by atoms with van der Waals surface area (Å²) in [5.41, 5.74) is 5.34. The number of allylic oxidation sites excluding steroid dienone is 3. The normalized spacial score (nSPS) is 24.3. The summed E-state index contributed by atoms with van der Waals surface area (Å²) >= 11 is 0. The highest BCUT2D eigenvalue weighted by Crippen LogP contribution is 2.62. The molecule has 0 saturated heterocycles. The van der Waals surface area contributed by atoms with Gasteiger partial charge in [-0.2, -0.15) is 0 Å². The lowest BCUT2D eigenvalue weighted by Crippen LogP contribution is -2.21. The lowest BCUT2D eigenvalue weighted by molar-refractivity contribution is -0.145. The number of fused-ring (bicyclic) bond motifs is 2. The molecule has 3 atom stereocenters. The summed E-state index contributed by atoms with van der Waals surface area (Å²) in [7, 11) is 1.61. The molecule has 0 aromatic heterocycles. The van der Waals surface area contributed by atoms with Crippen LogP contribution in [0.15, 0.2) is 59.7 Å². The zero-order valence-electron chi connectivity index (χ0n) is 22.5. The molecule has 1 fully saturated rings. The predicted molar refractivity (Wildman–Crippen MR) is 143 cm³/mol. The average molecular weight is 505 g/mol. The maximum absolute atomic E-state index is 15.0. The number of halogens is 1. The van der Waals surface area contributed by atoms with Crippen molar-refractivity contribution in [3.63, 3.8) is 0 Å². The van der Waals surface area contributed by atoms with E-state index in [0.717, 1.165) is 30.6 Å². The maximum Gasteiger partial charge on any atom is 0.309 e. The van der Waals surface area contributed by atoms with Crippen LogP contribution in [0, 0.1) is 17.2 Å². The third-order valence-electron chi connectivity index (χ3n) is 8.31. The van der Waals surface area contributed by atoms with Gasteiger partial charge in [0.05, 0.1) is 19.6 Å². The molecule has 2 aromatic rings. The second-order valence-corrected chi connectivity index (χ2v) is 11.6. The van der Waals surface area contributed by atoms with E-state index in [0.29, 0.717) is 30.9 Å². The first-order chi connectivity index (χ1) is 17.7. The van der Waals surface area contributed by atoms with Gasteiger partial charge in [-0.1, -0.05) is 44.6 Å². The third kappa shape index (κ3) is 4.81. The van der Waals surface area contributed by atoms with Crippen LogP contribution in [-0.2, 0) is 21.4 Å². The number of hydrogen-bond acceptors (Lipinski definition) is 4. The number of carbonyl (C=O) groups is 1. The van der Waals surface area contributed by atoms with Crippen LogP contribution in [0.1, 0.15) is 69.6 Å². The van der Waals surface area contributed by atoms with Crippen LogP contribution >= 0.6 is 0 Å². The number of carbonyl (C=O) groups excluding carboxylic acids is 1. The third-order valence-corrected chi connectivity index (χ3v) is 8.31. The topological polar surface area (TPSA) is 44.8 Å². The summed E-state index contributed by atoms with van der Waals surface area (Å²) in [4.78, 5) is 12.4. The smallest absolute Gasteiger partial charge is 0.309 e. The van der Waals surface area contributed by atoms with Crippen molar-refractivity contribution in [3.8, 4) is 11.5 Å². The molecule has 0 N–H and O–H groups in total. The zero-order chi connectivity index (χ0) is 26.4. The van der Waals surface area contributed by atoms with Crippen LogP contribution in [0.4, 0.5) is 4.39 Å². The highest BCUT2D eigenvalue weighted by Gasteiger charge is 2.62. The summed E-state index contributed by atoms with van der Waals surface area (Å²) in [6, 6.07) is 11.3. The number of hydrogen-bond donors (Lipinski definition) is 0. The summed E-state index contributed by atoms with van der Waals surface area (Å²) in [5.74, 6) is 1.05. The van der Waals surface area contributed by atoms with Gasteiger partial charge in [0, 0.05) is 11.3 Å². The first-order valence-corrected chi connectivity index (χ1v) is 13.3. The molecule has 0 bridgehead atoms. The predicted octanol–water partition coefficient (Wildman–Crippen LogP) is 7.07. The molecule has 5 heteroatoms. The summed E-state index contributed by atoms with van der Waals surface area (Å²) < 4.78 is 32.0. The van der Waals surface area contributed by atoms with E-state index in [1.54, 1.807) is 13.2 Å². The van der Waals surface area contributed by atoms with Crippen molar-refractivity contribution in [3.05, 3.63) is 82.2 Å². The van der Waals surface area contributed by atoms with E-state index in [1.807, 2.05) is 19.1 Å². The molecule has 2 unspecified atom stereocenters. The molecule has 0 aliphatic heterocycles. The van der Waals surface area contributed by atoms with Gasteiger partial charge in [0.2, 0.25) is 0 Å². The number of rotatable bonds is 7. The highest BCUT2D eigenvalue weighted by atomic mass is 19.1. The molecule has 0 radical (unpaired) electrons. The van der Waals surface area contributed by atoms with Gasteiger partial charge >= 0.3 is 5.97 Å². The summed E-state index contributed by atoms with van der Waals surface area (Å²) in [6.07, 6.45) is 7.80. The van der Waals surface area contributed by atoms with Gasteiger partial charge in [-0.3, -0.25) is 4.79 Å². The second-order valence-electron chi connectivity index (χ2n) is 11.6. The van der Waals surface area contributed by atoms with E-state index in [-0.39, 0.29) is 34.5 Å². The Bertz CT molecular complexity index is 1270.